The van der Waals surface area contributed by atoms with Crippen LogP contribution in [0.15, 0.2) is 29.3 Å². The SMILES string of the molecule is COc1cccc2cc(-c3nc(C4CCC(C(N)=O)CC4)[nH]c3C(N)=NC=N)[nH]c12. The second-order valence-electron chi connectivity index (χ2n) is 7.55. The molecule has 1 aliphatic rings. The van der Waals surface area contributed by atoms with Crippen molar-refractivity contribution in [3.8, 4) is 17.1 Å². The van der Waals surface area contributed by atoms with Crippen LogP contribution in [-0.2, 0) is 4.79 Å². The number of hydrogen-bond donors (Lipinski definition) is 5. The highest BCUT2D eigenvalue weighted by atomic mass is 16.5. The molecule has 1 aliphatic carbocycles. The molecule has 1 fully saturated rings. The molecule has 1 saturated carbocycles. The number of methoxy groups -OCH3 is 1. The quantitative estimate of drug-likeness (QED) is 0.314. The van der Waals surface area contributed by atoms with E-state index in [1.54, 1.807) is 7.11 Å². The molecule has 0 aliphatic heterocycles. The number of para-hydroxylation sites is 1. The molecule has 0 unspecified atom stereocenters. The number of nitrogens with one attached hydrogen (secondary N) is 3. The van der Waals surface area contributed by atoms with Crippen molar-refractivity contribution < 1.29 is 9.53 Å². The van der Waals surface area contributed by atoms with Gasteiger partial charge in [-0.05, 0) is 37.8 Å². The van der Waals surface area contributed by atoms with Gasteiger partial charge in [-0.25, -0.2) is 9.98 Å². The summed E-state index contributed by atoms with van der Waals surface area (Å²) < 4.78 is 5.45. The number of nitrogens with zero attached hydrogens (tertiary/aromatic N) is 2. The Morgan fingerprint density at radius 2 is 2.03 bits per heavy atom. The van der Waals surface area contributed by atoms with Crippen LogP contribution in [0.3, 0.4) is 0 Å². The highest BCUT2D eigenvalue weighted by molar-refractivity contribution is 6.04. The van der Waals surface area contributed by atoms with Gasteiger partial charge in [0.05, 0.1) is 18.3 Å². The number of ether oxygens (including phenoxy) is 1. The van der Waals surface area contributed by atoms with Crippen LogP contribution < -0.4 is 16.2 Å². The van der Waals surface area contributed by atoms with Gasteiger partial charge in [0.15, 0.2) is 5.84 Å². The Labute approximate surface area is 173 Å². The lowest BCUT2D eigenvalue weighted by molar-refractivity contribution is -0.122. The third-order valence-electron chi connectivity index (χ3n) is 5.79. The Kier molecular flexibility index (Phi) is 5.26. The maximum atomic E-state index is 11.5. The number of aromatic amines is 2. The number of aliphatic imine (C=N–C) groups is 1. The number of imidazole rings is 1. The van der Waals surface area contributed by atoms with E-state index in [4.69, 9.17) is 26.6 Å². The number of amidine groups is 1. The molecular formula is C21H25N7O2. The summed E-state index contributed by atoms with van der Waals surface area (Å²) in [5, 5.41) is 8.26. The molecule has 156 valence electrons. The van der Waals surface area contributed by atoms with Gasteiger partial charge in [-0.15, -0.1) is 0 Å². The first-order chi connectivity index (χ1) is 14.5. The molecule has 3 aromatic rings. The molecule has 0 radical (unpaired) electrons. The number of benzene rings is 1. The first kappa shape index (κ1) is 19.7. The monoisotopic (exact) mass is 407 g/mol. The average Bonchev–Trinajstić information content (AvgIpc) is 3.38. The molecule has 0 atom stereocenters. The van der Waals surface area contributed by atoms with Crippen LogP contribution in [0.25, 0.3) is 22.3 Å². The Bertz CT molecular complexity index is 1120. The standard InChI is InChI=1S/C21H25N7O2/c1-30-15-4-2-3-13-9-14(26-16(13)15)17-18(19(23)25-10-22)28-21(27-17)12-7-5-11(6-8-12)20(24)29/h2-4,9-12,26H,5-8H2,1H3,(H2,24,29)(H,27,28)(H3,22,23,25). The molecule has 1 amide bonds. The van der Waals surface area contributed by atoms with Crippen LogP contribution in [0, 0.1) is 11.3 Å². The number of fused-ring (bicyclic) bond motifs is 1. The van der Waals surface area contributed by atoms with E-state index in [0.717, 1.165) is 60.2 Å². The van der Waals surface area contributed by atoms with Crippen molar-refractivity contribution >= 4 is 29.0 Å². The fourth-order valence-corrected chi connectivity index (χ4v) is 4.18. The largest absolute Gasteiger partial charge is 0.495 e. The van der Waals surface area contributed by atoms with Crippen LogP contribution >= 0.6 is 0 Å². The van der Waals surface area contributed by atoms with Crippen LogP contribution in [0.2, 0.25) is 0 Å². The fraction of sp³-hybridized carbons (Fsp3) is 0.333. The summed E-state index contributed by atoms with van der Waals surface area (Å²) in [4.78, 5) is 26.9. The van der Waals surface area contributed by atoms with E-state index in [9.17, 15) is 4.79 Å². The van der Waals surface area contributed by atoms with Gasteiger partial charge in [0.1, 0.15) is 29.3 Å². The summed E-state index contributed by atoms with van der Waals surface area (Å²) >= 11 is 0. The second-order valence-corrected chi connectivity index (χ2v) is 7.55. The highest BCUT2D eigenvalue weighted by Gasteiger charge is 2.29. The first-order valence-corrected chi connectivity index (χ1v) is 9.89. The Balaban J connectivity index is 1.75. The van der Waals surface area contributed by atoms with Crippen LogP contribution in [0.4, 0.5) is 0 Å². The smallest absolute Gasteiger partial charge is 0.220 e. The lowest BCUT2D eigenvalue weighted by Gasteiger charge is -2.25. The molecule has 9 nitrogen and oxygen atoms in total. The minimum atomic E-state index is -0.233. The van der Waals surface area contributed by atoms with Crippen molar-refractivity contribution in [3.63, 3.8) is 0 Å². The number of carbonyl (C=O) groups excluding carboxylic acids is 1. The second kappa shape index (κ2) is 8.02. The van der Waals surface area contributed by atoms with E-state index in [0.29, 0.717) is 11.4 Å². The maximum Gasteiger partial charge on any atom is 0.220 e. The minimum absolute atomic E-state index is 0.0686. The number of primary amides is 1. The summed E-state index contributed by atoms with van der Waals surface area (Å²) in [6.45, 7) is 0. The van der Waals surface area contributed by atoms with Crippen LogP contribution in [0.5, 0.6) is 5.75 Å². The zero-order valence-corrected chi connectivity index (χ0v) is 16.7. The number of nitrogens with two attached hydrogens (primary N) is 2. The number of hydrogen-bond acceptors (Lipinski definition) is 4. The zero-order valence-electron chi connectivity index (χ0n) is 16.7. The van der Waals surface area contributed by atoms with Gasteiger partial charge >= 0.3 is 0 Å². The number of H-pyrrole nitrogens is 2. The summed E-state index contributed by atoms with van der Waals surface area (Å²) in [6.07, 6.45) is 4.05. The predicted octanol–water partition coefficient (Wildman–Crippen LogP) is 2.64. The van der Waals surface area contributed by atoms with Gasteiger partial charge in [0.2, 0.25) is 5.91 Å². The van der Waals surface area contributed by atoms with Gasteiger partial charge in [-0.3, -0.25) is 10.2 Å². The molecule has 9 heteroatoms. The zero-order chi connectivity index (χ0) is 21.3. The van der Waals surface area contributed by atoms with Crippen molar-refractivity contribution in [2.75, 3.05) is 7.11 Å². The molecule has 2 heterocycles. The molecule has 2 aromatic heterocycles. The van der Waals surface area contributed by atoms with E-state index < -0.39 is 0 Å². The lowest BCUT2D eigenvalue weighted by Crippen LogP contribution is -2.27. The van der Waals surface area contributed by atoms with Crippen molar-refractivity contribution in [3.05, 3.63) is 35.8 Å². The normalized spacial score (nSPS) is 19.7. The Hall–Kier alpha value is -3.62. The third kappa shape index (κ3) is 3.54. The summed E-state index contributed by atoms with van der Waals surface area (Å²) in [5.41, 5.74) is 14.4. The maximum absolute atomic E-state index is 11.5. The van der Waals surface area contributed by atoms with Gasteiger partial charge in [0.25, 0.3) is 0 Å². The Morgan fingerprint density at radius 1 is 1.27 bits per heavy atom. The van der Waals surface area contributed by atoms with E-state index >= 15 is 0 Å². The van der Waals surface area contributed by atoms with E-state index in [1.807, 2.05) is 24.3 Å². The third-order valence-corrected chi connectivity index (χ3v) is 5.79. The van der Waals surface area contributed by atoms with Gasteiger partial charge in [0, 0.05) is 17.2 Å². The predicted molar refractivity (Wildman–Crippen MR) is 116 cm³/mol. The molecule has 30 heavy (non-hydrogen) atoms. The fourth-order valence-electron chi connectivity index (χ4n) is 4.18. The number of carbonyl (C=O) groups is 1. The van der Waals surface area contributed by atoms with Gasteiger partial charge in [-0.2, -0.15) is 0 Å². The van der Waals surface area contributed by atoms with Crippen molar-refractivity contribution in [1.29, 1.82) is 5.41 Å². The van der Waals surface area contributed by atoms with Crippen molar-refractivity contribution in [2.24, 2.45) is 22.4 Å². The number of aromatic nitrogens is 3. The molecule has 4 rings (SSSR count). The molecular weight excluding hydrogens is 382 g/mol. The van der Waals surface area contributed by atoms with Crippen molar-refractivity contribution in [2.45, 2.75) is 31.6 Å². The van der Waals surface area contributed by atoms with E-state index in [2.05, 4.69) is 15.0 Å². The van der Waals surface area contributed by atoms with E-state index in [-0.39, 0.29) is 23.6 Å². The first-order valence-electron chi connectivity index (χ1n) is 9.89. The molecule has 0 bridgehead atoms. The van der Waals surface area contributed by atoms with Gasteiger partial charge in [-0.1, -0.05) is 12.1 Å². The highest BCUT2D eigenvalue weighted by Crippen LogP contribution is 2.37. The summed E-state index contributed by atoms with van der Waals surface area (Å²) in [5.74, 6) is 1.61. The number of rotatable bonds is 6. The Morgan fingerprint density at radius 3 is 2.70 bits per heavy atom. The topological polar surface area (TPSA) is 159 Å². The number of amides is 1. The lowest BCUT2D eigenvalue weighted by atomic mass is 9.81. The van der Waals surface area contributed by atoms with Crippen LogP contribution in [-0.4, -0.2) is 40.1 Å². The van der Waals surface area contributed by atoms with E-state index in [1.165, 1.54) is 0 Å². The molecule has 1 aromatic carbocycles. The van der Waals surface area contributed by atoms with Crippen LogP contribution in [0.1, 0.15) is 43.1 Å². The van der Waals surface area contributed by atoms with Gasteiger partial charge < -0.3 is 26.2 Å². The molecule has 7 N–H and O–H groups in total. The molecule has 0 saturated heterocycles. The molecule has 0 spiro atoms. The average molecular weight is 407 g/mol. The van der Waals surface area contributed by atoms with Crippen molar-refractivity contribution in [1.82, 2.24) is 15.0 Å². The summed E-state index contributed by atoms with van der Waals surface area (Å²) in [6, 6.07) is 7.80. The minimum Gasteiger partial charge on any atom is -0.495 e. The summed E-state index contributed by atoms with van der Waals surface area (Å²) in [7, 11) is 1.63.